The fourth-order valence-corrected chi connectivity index (χ4v) is 5.31. The van der Waals surface area contributed by atoms with Crippen molar-refractivity contribution < 1.29 is 38.1 Å². The van der Waals surface area contributed by atoms with Crippen LogP contribution < -0.4 is 15.4 Å². The molecule has 2 aliphatic rings. The molecule has 2 heterocycles. The lowest BCUT2D eigenvalue weighted by atomic mass is 9.93. The van der Waals surface area contributed by atoms with E-state index < -0.39 is 47.9 Å². The highest BCUT2D eigenvalue weighted by Gasteiger charge is 2.47. The van der Waals surface area contributed by atoms with Gasteiger partial charge in [-0.15, -0.1) is 0 Å². The van der Waals surface area contributed by atoms with E-state index in [1.54, 1.807) is 32.2 Å². The second kappa shape index (κ2) is 15.7. The topological polar surface area (TPSA) is 133 Å². The van der Waals surface area contributed by atoms with Gasteiger partial charge in [-0.05, 0) is 41.7 Å². The summed E-state index contributed by atoms with van der Waals surface area (Å²) < 4.78 is 22.9. The Kier molecular flexibility index (Phi) is 11.8. The average molecular weight is 621 g/mol. The molecule has 2 amide bonds. The number of amides is 2. The first-order chi connectivity index (χ1) is 21.5. The molecule has 0 bridgehead atoms. The minimum atomic E-state index is -1.11. The first kappa shape index (κ1) is 33.7. The molecular formula is C35H44N2O8. The molecule has 2 aliphatic heterocycles. The number of rotatable bonds is 8. The molecule has 1 saturated heterocycles. The Morgan fingerprint density at radius 2 is 1.64 bits per heavy atom. The van der Waals surface area contributed by atoms with Gasteiger partial charge in [-0.1, -0.05) is 76.2 Å². The summed E-state index contributed by atoms with van der Waals surface area (Å²) in [4.78, 5) is 52.8. The Balaban J connectivity index is 1.57. The van der Waals surface area contributed by atoms with Crippen molar-refractivity contribution >= 4 is 23.8 Å². The van der Waals surface area contributed by atoms with E-state index in [9.17, 15) is 19.2 Å². The molecule has 0 saturated carbocycles. The molecule has 1 fully saturated rings. The van der Waals surface area contributed by atoms with Gasteiger partial charge < -0.3 is 29.6 Å². The standard InChI is InChI=1S/C35H44N2O8/c1-21(2)18-29-35(41)43-28(23(4)31-32(45-31)25-10-7-6-8-11-25)12-9-13-30(38)37-27(19-24-14-16-26(42-5)17-15-24)33(39)36-20-22(3)34(40)44-29/h6-11,13-17,21-23,27-29,31-32H,12,18-20H2,1-5H3,(H,36,39)(H,37,38)/t22-,23+,27-,28+,29+,31-,32+/m1/s1. The third-order valence-corrected chi connectivity index (χ3v) is 8.09. The summed E-state index contributed by atoms with van der Waals surface area (Å²) in [6.45, 7) is 7.37. The number of nitrogens with one attached hydrogen (secondary N) is 2. The van der Waals surface area contributed by atoms with E-state index in [0.29, 0.717) is 5.75 Å². The van der Waals surface area contributed by atoms with E-state index in [-0.39, 0.29) is 49.9 Å². The normalized spacial score (nSPS) is 27.2. The van der Waals surface area contributed by atoms with Gasteiger partial charge in [0.25, 0.3) is 0 Å². The van der Waals surface area contributed by atoms with Gasteiger partial charge >= 0.3 is 11.9 Å². The summed E-state index contributed by atoms with van der Waals surface area (Å²) in [6, 6.07) is 16.1. The molecule has 45 heavy (non-hydrogen) atoms. The lowest BCUT2D eigenvalue weighted by molar-refractivity contribution is -0.176. The third-order valence-electron chi connectivity index (χ3n) is 8.09. The van der Waals surface area contributed by atoms with Crippen LogP contribution in [0.5, 0.6) is 5.75 Å². The van der Waals surface area contributed by atoms with E-state index in [4.69, 9.17) is 18.9 Å². The minimum Gasteiger partial charge on any atom is -0.497 e. The molecule has 242 valence electrons. The van der Waals surface area contributed by atoms with Crippen molar-refractivity contribution in [2.75, 3.05) is 13.7 Å². The van der Waals surface area contributed by atoms with E-state index in [1.807, 2.05) is 63.2 Å². The quantitative estimate of drug-likeness (QED) is 0.333. The number of benzene rings is 2. The summed E-state index contributed by atoms with van der Waals surface area (Å²) in [6.07, 6.45) is 1.61. The van der Waals surface area contributed by atoms with Crippen molar-refractivity contribution in [2.24, 2.45) is 17.8 Å². The Morgan fingerprint density at radius 3 is 2.31 bits per heavy atom. The van der Waals surface area contributed by atoms with Gasteiger partial charge in [0, 0.05) is 25.3 Å². The van der Waals surface area contributed by atoms with Crippen LogP contribution in [0.1, 0.15) is 57.8 Å². The maximum atomic E-state index is 13.5. The third kappa shape index (κ3) is 9.65. The fraction of sp³-hybridized carbons (Fsp3) is 0.486. The van der Waals surface area contributed by atoms with Crippen molar-refractivity contribution in [3.05, 3.63) is 77.9 Å². The molecule has 10 heteroatoms. The van der Waals surface area contributed by atoms with Crippen molar-refractivity contribution in [1.82, 2.24) is 10.6 Å². The Labute approximate surface area is 264 Å². The van der Waals surface area contributed by atoms with Crippen LogP contribution in [0.2, 0.25) is 0 Å². The van der Waals surface area contributed by atoms with Crippen LogP contribution in [-0.2, 0) is 39.8 Å². The first-order valence-corrected chi connectivity index (χ1v) is 15.5. The number of methoxy groups -OCH3 is 1. The van der Waals surface area contributed by atoms with Crippen molar-refractivity contribution in [2.45, 2.75) is 77.4 Å². The van der Waals surface area contributed by atoms with E-state index in [1.165, 1.54) is 6.08 Å². The molecule has 7 atom stereocenters. The fourth-order valence-electron chi connectivity index (χ4n) is 5.31. The molecular weight excluding hydrogens is 576 g/mol. The summed E-state index contributed by atoms with van der Waals surface area (Å²) in [5, 5.41) is 5.53. The number of carbonyl (C=O) groups excluding carboxylic acids is 4. The Hall–Kier alpha value is -4.18. The van der Waals surface area contributed by atoms with Gasteiger partial charge in [-0.25, -0.2) is 4.79 Å². The molecule has 0 spiro atoms. The second-order valence-corrected chi connectivity index (χ2v) is 12.2. The second-order valence-electron chi connectivity index (χ2n) is 12.2. The zero-order chi connectivity index (χ0) is 32.5. The Morgan fingerprint density at radius 1 is 0.933 bits per heavy atom. The van der Waals surface area contributed by atoms with Crippen molar-refractivity contribution in [3.63, 3.8) is 0 Å². The predicted molar refractivity (Wildman–Crippen MR) is 167 cm³/mol. The highest BCUT2D eigenvalue weighted by Crippen LogP contribution is 2.45. The molecule has 0 unspecified atom stereocenters. The summed E-state index contributed by atoms with van der Waals surface area (Å²) in [7, 11) is 1.57. The van der Waals surface area contributed by atoms with Crippen LogP contribution in [0.3, 0.4) is 0 Å². The lowest BCUT2D eigenvalue weighted by Crippen LogP contribution is -2.49. The number of epoxide rings is 1. The Bertz CT molecular complexity index is 1340. The van der Waals surface area contributed by atoms with Gasteiger partial charge in [0.1, 0.15) is 24.0 Å². The number of hydrogen-bond acceptors (Lipinski definition) is 8. The zero-order valence-electron chi connectivity index (χ0n) is 26.6. The van der Waals surface area contributed by atoms with Gasteiger partial charge in [-0.2, -0.15) is 0 Å². The number of ether oxygens (including phenoxy) is 4. The molecule has 0 aromatic heterocycles. The molecule has 2 aromatic rings. The van der Waals surface area contributed by atoms with Gasteiger partial charge in [0.05, 0.1) is 19.1 Å². The summed E-state index contributed by atoms with van der Waals surface area (Å²) in [5.74, 6) is -2.44. The van der Waals surface area contributed by atoms with Crippen LogP contribution in [0.15, 0.2) is 66.7 Å². The van der Waals surface area contributed by atoms with Gasteiger partial charge in [0.15, 0.2) is 6.10 Å². The molecule has 0 aliphatic carbocycles. The zero-order valence-corrected chi connectivity index (χ0v) is 26.6. The SMILES string of the molecule is COc1ccc(C[C@H]2NC(=O)C=CC[C@@H]([C@H](C)[C@H]3O[C@H]3c3ccccc3)OC(=O)[C@H](CC(C)C)OC(=O)[C@H](C)CNC2=O)cc1. The molecule has 2 aromatic carbocycles. The lowest BCUT2D eigenvalue weighted by Gasteiger charge is -2.27. The summed E-state index contributed by atoms with van der Waals surface area (Å²) >= 11 is 0. The predicted octanol–water partition coefficient (Wildman–Crippen LogP) is 4.08. The van der Waals surface area contributed by atoms with Crippen LogP contribution in [0.25, 0.3) is 0 Å². The number of cyclic esters (lactones) is 2. The largest absolute Gasteiger partial charge is 0.497 e. The maximum Gasteiger partial charge on any atom is 0.347 e. The van der Waals surface area contributed by atoms with Crippen LogP contribution in [0, 0.1) is 17.8 Å². The van der Waals surface area contributed by atoms with Gasteiger partial charge in [0.2, 0.25) is 11.8 Å². The van der Waals surface area contributed by atoms with Crippen LogP contribution in [0.4, 0.5) is 0 Å². The highest BCUT2D eigenvalue weighted by atomic mass is 16.6. The van der Waals surface area contributed by atoms with Crippen LogP contribution in [-0.4, -0.2) is 61.8 Å². The minimum absolute atomic E-state index is 0.0362. The number of hydrogen-bond donors (Lipinski definition) is 2. The van der Waals surface area contributed by atoms with Crippen molar-refractivity contribution in [1.29, 1.82) is 0 Å². The number of esters is 2. The summed E-state index contributed by atoms with van der Waals surface area (Å²) in [5.41, 5.74) is 1.85. The van der Waals surface area contributed by atoms with E-state index in [0.717, 1.165) is 11.1 Å². The average Bonchev–Trinajstić information content (AvgIpc) is 3.83. The molecule has 0 radical (unpaired) electrons. The molecule has 2 N–H and O–H groups in total. The molecule has 10 nitrogen and oxygen atoms in total. The van der Waals surface area contributed by atoms with Crippen molar-refractivity contribution in [3.8, 4) is 5.75 Å². The maximum absolute atomic E-state index is 13.5. The van der Waals surface area contributed by atoms with E-state index >= 15 is 0 Å². The smallest absolute Gasteiger partial charge is 0.347 e. The van der Waals surface area contributed by atoms with E-state index in [2.05, 4.69) is 10.6 Å². The number of carbonyl (C=O) groups is 4. The first-order valence-electron chi connectivity index (χ1n) is 15.5. The molecule has 4 rings (SSSR count). The van der Waals surface area contributed by atoms with Crippen LogP contribution >= 0.6 is 0 Å². The monoisotopic (exact) mass is 620 g/mol. The van der Waals surface area contributed by atoms with Gasteiger partial charge in [-0.3, -0.25) is 14.4 Å². The highest BCUT2D eigenvalue weighted by molar-refractivity contribution is 5.93.